The minimum absolute atomic E-state index is 0.181. The number of rotatable bonds is 3. The molecule has 0 spiro atoms. The molecule has 6 nitrogen and oxygen atoms in total. The van der Waals surface area contributed by atoms with Gasteiger partial charge in [0.2, 0.25) is 0 Å². The summed E-state index contributed by atoms with van der Waals surface area (Å²) in [6.45, 7) is 3.30. The molecule has 1 saturated heterocycles. The van der Waals surface area contributed by atoms with E-state index in [4.69, 9.17) is 4.74 Å². The lowest BCUT2D eigenvalue weighted by Crippen LogP contribution is -2.39. The maximum Gasteiger partial charge on any atom is 0.323 e. The van der Waals surface area contributed by atoms with Crippen LogP contribution in [-0.2, 0) is 24.2 Å². The normalized spacial score (nSPS) is 19.7. The highest BCUT2D eigenvalue weighted by Gasteiger charge is 2.23. The minimum Gasteiger partial charge on any atom is -0.381 e. The van der Waals surface area contributed by atoms with Crippen molar-refractivity contribution in [1.29, 1.82) is 0 Å². The second-order valence-corrected chi connectivity index (χ2v) is 6.64. The van der Waals surface area contributed by atoms with Crippen molar-refractivity contribution in [3.8, 4) is 0 Å². The van der Waals surface area contributed by atoms with Crippen molar-refractivity contribution in [2.24, 2.45) is 5.92 Å². The second kappa shape index (κ2) is 6.84. The largest absolute Gasteiger partial charge is 0.381 e. The maximum atomic E-state index is 13.4. The van der Waals surface area contributed by atoms with E-state index >= 15 is 0 Å². The fraction of sp³-hybridized carbons (Fsp3) is 0.444. The lowest BCUT2D eigenvalue weighted by atomic mass is 10.00. The summed E-state index contributed by atoms with van der Waals surface area (Å²) in [5.41, 5.74) is 1.98. The van der Waals surface area contributed by atoms with Crippen LogP contribution in [-0.4, -0.2) is 40.5 Å². The number of benzene rings is 1. The molecule has 2 aliphatic heterocycles. The first-order chi connectivity index (χ1) is 12.2. The molecule has 2 aliphatic rings. The highest BCUT2D eigenvalue weighted by atomic mass is 19.1. The molecule has 25 heavy (non-hydrogen) atoms. The monoisotopic (exact) mass is 344 g/mol. The van der Waals surface area contributed by atoms with Gasteiger partial charge >= 0.3 is 6.03 Å². The Kier molecular flexibility index (Phi) is 4.40. The molecule has 0 aliphatic carbocycles. The number of urea groups is 1. The second-order valence-electron chi connectivity index (χ2n) is 6.64. The number of nitrogens with one attached hydrogen (secondary N) is 1. The van der Waals surface area contributed by atoms with Gasteiger partial charge in [0.25, 0.3) is 0 Å². The number of fused-ring (bicyclic) bond motifs is 1. The Morgan fingerprint density at radius 1 is 1.36 bits per heavy atom. The van der Waals surface area contributed by atoms with Crippen molar-refractivity contribution in [1.82, 2.24) is 14.7 Å². The molecule has 1 atom stereocenters. The summed E-state index contributed by atoms with van der Waals surface area (Å²) in [5.74, 6) is 0.847. The Hall–Kier alpha value is -2.41. The van der Waals surface area contributed by atoms with Crippen LogP contribution in [0.3, 0.4) is 0 Å². The van der Waals surface area contributed by atoms with Crippen LogP contribution in [0.25, 0.3) is 0 Å². The van der Waals surface area contributed by atoms with Crippen molar-refractivity contribution in [2.45, 2.75) is 25.9 Å². The van der Waals surface area contributed by atoms with E-state index < -0.39 is 0 Å². The van der Waals surface area contributed by atoms with E-state index in [9.17, 15) is 9.18 Å². The molecule has 0 saturated carbocycles. The number of halogens is 1. The zero-order valence-electron chi connectivity index (χ0n) is 13.9. The molecule has 0 radical (unpaired) electrons. The van der Waals surface area contributed by atoms with Crippen LogP contribution in [0, 0.1) is 11.7 Å². The molecular formula is C18H21FN4O2. The first-order valence-corrected chi connectivity index (χ1v) is 8.62. The summed E-state index contributed by atoms with van der Waals surface area (Å²) in [7, 11) is 0. The van der Waals surface area contributed by atoms with E-state index in [0.29, 0.717) is 24.8 Å². The lowest BCUT2D eigenvalue weighted by Gasteiger charge is -2.29. The van der Waals surface area contributed by atoms with Crippen molar-refractivity contribution in [3.63, 3.8) is 0 Å². The number of aromatic nitrogens is 2. The van der Waals surface area contributed by atoms with Gasteiger partial charge in [-0.2, -0.15) is 5.10 Å². The van der Waals surface area contributed by atoms with E-state index in [0.717, 1.165) is 43.7 Å². The molecule has 132 valence electrons. The molecule has 2 amide bonds. The summed E-state index contributed by atoms with van der Waals surface area (Å²) < 4.78 is 20.6. The molecular weight excluding hydrogens is 323 g/mol. The summed E-state index contributed by atoms with van der Waals surface area (Å²) in [5, 5.41) is 7.24. The third-order valence-corrected chi connectivity index (χ3v) is 4.87. The van der Waals surface area contributed by atoms with Crippen LogP contribution >= 0.6 is 0 Å². The van der Waals surface area contributed by atoms with E-state index in [1.165, 1.54) is 12.1 Å². The van der Waals surface area contributed by atoms with Crippen LogP contribution in [0.4, 0.5) is 15.0 Å². The topological polar surface area (TPSA) is 59.4 Å². The Balaban J connectivity index is 1.42. The number of carbonyl (C=O) groups is 1. The van der Waals surface area contributed by atoms with Gasteiger partial charge < -0.3 is 9.64 Å². The number of carbonyl (C=O) groups excluding carboxylic acids is 1. The molecule has 1 N–H and O–H groups in total. The van der Waals surface area contributed by atoms with Crippen LogP contribution in [0.2, 0.25) is 0 Å². The third kappa shape index (κ3) is 3.51. The Bertz CT molecular complexity index is 770. The van der Waals surface area contributed by atoms with Crippen molar-refractivity contribution >= 4 is 11.8 Å². The van der Waals surface area contributed by atoms with Crippen molar-refractivity contribution in [2.75, 3.05) is 25.1 Å². The first-order valence-electron chi connectivity index (χ1n) is 8.62. The molecule has 3 heterocycles. The average Bonchev–Trinajstić information content (AvgIpc) is 3.27. The van der Waals surface area contributed by atoms with Crippen molar-refractivity contribution < 1.29 is 13.9 Å². The fourth-order valence-corrected chi connectivity index (χ4v) is 3.44. The Morgan fingerprint density at radius 3 is 3.12 bits per heavy atom. The molecule has 7 heteroatoms. The van der Waals surface area contributed by atoms with Gasteiger partial charge in [-0.3, -0.25) is 5.32 Å². The van der Waals surface area contributed by atoms with Gasteiger partial charge in [0.1, 0.15) is 11.6 Å². The standard InChI is InChI=1S/C18H21FN4O2/c19-16-2-1-14-4-7-22(11-15(14)9-16)18(24)21-17-3-6-20-23(17)10-13-5-8-25-12-13/h1-3,6,9,13H,4-5,7-8,10-12H2,(H,21,24). The zero-order valence-corrected chi connectivity index (χ0v) is 13.9. The van der Waals surface area contributed by atoms with Gasteiger partial charge in [-0.05, 0) is 36.1 Å². The summed E-state index contributed by atoms with van der Waals surface area (Å²) >= 11 is 0. The van der Waals surface area contributed by atoms with E-state index in [1.807, 2.05) is 4.68 Å². The number of amides is 2. The lowest BCUT2D eigenvalue weighted by molar-refractivity contribution is 0.181. The quantitative estimate of drug-likeness (QED) is 0.931. The third-order valence-electron chi connectivity index (χ3n) is 4.87. The van der Waals surface area contributed by atoms with Gasteiger partial charge in [-0.25, -0.2) is 13.9 Å². The van der Waals surface area contributed by atoms with Crippen LogP contribution < -0.4 is 5.32 Å². The number of ether oxygens (including phenoxy) is 1. The molecule has 2 aromatic rings. The number of nitrogens with zero attached hydrogens (tertiary/aromatic N) is 3. The number of hydrogen-bond acceptors (Lipinski definition) is 3. The van der Waals surface area contributed by atoms with Gasteiger partial charge in [0, 0.05) is 38.2 Å². The maximum absolute atomic E-state index is 13.4. The number of anilines is 1. The highest BCUT2D eigenvalue weighted by molar-refractivity contribution is 5.88. The van der Waals surface area contributed by atoms with E-state index in [1.54, 1.807) is 23.2 Å². The van der Waals surface area contributed by atoms with Gasteiger partial charge in [0.05, 0.1) is 12.8 Å². The Labute approximate surface area is 145 Å². The zero-order chi connectivity index (χ0) is 17.2. The Morgan fingerprint density at radius 2 is 2.28 bits per heavy atom. The predicted molar refractivity (Wildman–Crippen MR) is 90.7 cm³/mol. The highest BCUT2D eigenvalue weighted by Crippen LogP contribution is 2.21. The summed E-state index contributed by atoms with van der Waals surface area (Å²) in [6.07, 6.45) is 3.44. The van der Waals surface area contributed by atoms with Crippen molar-refractivity contribution in [3.05, 3.63) is 47.4 Å². The smallest absolute Gasteiger partial charge is 0.323 e. The summed E-state index contributed by atoms with van der Waals surface area (Å²) in [6, 6.07) is 6.41. The molecule has 4 rings (SSSR count). The molecule has 1 aromatic carbocycles. The molecule has 0 bridgehead atoms. The van der Waals surface area contributed by atoms with Crippen LogP contribution in [0.15, 0.2) is 30.5 Å². The summed E-state index contributed by atoms with van der Waals surface area (Å²) in [4.78, 5) is 14.3. The van der Waals surface area contributed by atoms with Gasteiger partial charge in [0.15, 0.2) is 0 Å². The molecule has 1 fully saturated rings. The van der Waals surface area contributed by atoms with E-state index in [-0.39, 0.29) is 11.8 Å². The van der Waals surface area contributed by atoms with Gasteiger partial charge in [-0.1, -0.05) is 6.07 Å². The molecule has 1 aromatic heterocycles. The van der Waals surface area contributed by atoms with E-state index in [2.05, 4.69) is 10.4 Å². The predicted octanol–water partition coefficient (Wildman–Crippen LogP) is 2.65. The fourth-order valence-electron chi connectivity index (χ4n) is 3.44. The number of hydrogen-bond donors (Lipinski definition) is 1. The van der Waals surface area contributed by atoms with Gasteiger partial charge in [-0.15, -0.1) is 0 Å². The van der Waals surface area contributed by atoms with Crippen LogP contribution in [0.1, 0.15) is 17.5 Å². The van der Waals surface area contributed by atoms with Crippen LogP contribution in [0.5, 0.6) is 0 Å². The minimum atomic E-state index is -0.266. The first kappa shape index (κ1) is 16.1. The molecule has 1 unspecified atom stereocenters. The SMILES string of the molecule is O=C(Nc1ccnn1CC1CCOC1)N1CCc2ccc(F)cc2C1. The average molecular weight is 344 g/mol.